The van der Waals surface area contributed by atoms with Crippen molar-refractivity contribution < 1.29 is 0 Å². The lowest BCUT2D eigenvalue weighted by molar-refractivity contribution is 0.440. The Morgan fingerprint density at radius 1 is 1.11 bits per heavy atom. The zero-order valence-electron chi connectivity index (χ0n) is 12.9. The predicted molar refractivity (Wildman–Crippen MR) is 89.1 cm³/mol. The molecular formula is C17H29NS. The molecule has 1 unspecified atom stereocenters. The van der Waals surface area contributed by atoms with Gasteiger partial charge in [0.15, 0.2) is 0 Å². The Balaban J connectivity index is 2.45. The molecule has 1 nitrogen and oxygen atoms in total. The lowest BCUT2D eigenvalue weighted by Gasteiger charge is -2.18. The number of aryl methyl sites for hydroxylation is 1. The van der Waals surface area contributed by atoms with Crippen LogP contribution in [0.25, 0.3) is 0 Å². The molecule has 0 saturated heterocycles. The predicted octanol–water partition coefficient (Wildman–Crippen LogP) is 4.15. The maximum Gasteiger partial charge on any atom is -0.00169 e. The number of rotatable bonds is 9. The number of thioether (sulfide) groups is 1. The topological polar surface area (TPSA) is 12.0 Å². The van der Waals surface area contributed by atoms with E-state index in [9.17, 15) is 0 Å². The van der Waals surface area contributed by atoms with Gasteiger partial charge in [0.1, 0.15) is 0 Å². The fourth-order valence-electron chi connectivity index (χ4n) is 2.19. The fraction of sp³-hybridized carbons (Fsp3) is 0.647. The first-order chi connectivity index (χ1) is 9.11. The van der Waals surface area contributed by atoms with Crippen LogP contribution >= 0.6 is 11.8 Å². The summed E-state index contributed by atoms with van der Waals surface area (Å²) in [7, 11) is 0. The van der Waals surface area contributed by atoms with Gasteiger partial charge in [-0.3, -0.25) is 0 Å². The van der Waals surface area contributed by atoms with Gasteiger partial charge in [-0.1, -0.05) is 43.7 Å². The largest absolute Gasteiger partial charge is 0.316 e. The van der Waals surface area contributed by atoms with Crippen molar-refractivity contribution in [2.24, 2.45) is 11.8 Å². The highest BCUT2D eigenvalue weighted by Gasteiger charge is 2.09. The lowest BCUT2D eigenvalue weighted by Crippen LogP contribution is -2.28. The van der Waals surface area contributed by atoms with Gasteiger partial charge in [0, 0.05) is 0 Å². The van der Waals surface area contributed by atoms with Gasteiger partial charge < -0.3 is 5.32 Å². The van der Waals surface area contributed by atoms with Crippen molar-refractivity contribution in [2.45, 2.75) is 33.6 Å². The van der Waals surface area contributed by atoms with E-state index in [4.69, 9.17) is 0 Å². The summed E-state index contributed by atoms with van der Waals surface area (Å²) in [5, 5.41) is 3.62. The van der Waals surface area contributed by atoms with Crippen LogP contribution in [0.15, 0.2) is 24.3 Å². The van der Waals surface area contributed by atoms with E-state index in [2.05, 4.69) is 56.6 Å². The minimum absolute atomic E-state index is 0.737. The monoisotopic (exact) mass is 279 g/mol. The van der Waals surface area contributed by atoms with Gasteiger partial charge in [-0.15, -0.1) is 0 Å². The first kappa shape index (κ1) is 16.6. The molecule has 2 heteroatoms. The van der Waals surface area contributed by atoms with Gasteiger partial charge >= 0.3 is 0 Å². The molecule has 0 aromatic heterocycles. The summed E-state index contributed by atoms with van der Waals surface area (Å²) in [5.41, 5.74) is 2.82. The molecule has 1 aromatic carbocycles. The third-order valence-corrected chi connectivity index (χ3v) is 4.00. The third-order valence-electron chi connectivity index (χ3n) is 3.36. The maximum absolute atomic E-state index is 3.62. The number of benzene rings is 1. The second-order valence-electron chi connectivity index (χ2n) is 5.89. The summed E-state index contributed by atoms with van der Waals surface area (Å²) in [4.78, 5) is 0. The molecule has 0 aliphatic rings. The summed E-state index contributed by atoms with van der Waals surface area (Å²) in [6, 6.07) is 9.01. The molecule has 19 heavy (non-hydrogen) atoms. The van der Waals surface area contributed by atoms with Crippen molar-refractivity contribution in [1.29, 1.82) is 0 Å². The van der Waals surface area contributed by atoms with Crippen molar-refractivity contribution in [1.82, 2.24) is 5.32 Å². The number of nitrogens with one attached hydrogen (secondary N) is 1. The van der Waals surface area contributed by atoms with Crippen molar-refractivity contribution in [3.63, 3.8) is 0 Å². The Kier molecular flexibility index (Phi) is 8.24. The first-order valence-electron chi connectivity index (χ1n) is 7.37. The first-order valence-corrected chi connectivity index (χ1v) is 8.76. The van der Waals surface area contributed by atoms with Gasteiger partial charge in [-0.05, 0) is 62.3 Å². The van der Waals surface area contributed by atoms with Crippen LogP contribution < -0.4 is 5.32 Å². The van der Waals surface area contributed by atoms with E-state index in [1.54, 1.807) is 0 Å². The van der Waals surface area contributed by atoms with Crippen LogP contribution in [0.2, 0.25) is 0 Å². The third kappa shape index (κ3) is 7.64. The minimum atomic E-state index is 0.737. The molecule has 0 fully saturated rings. The van der Waals surface area contributed by atoms with Crippen molar-refractivity contribution >= 4 is 11.8 Å². The second-order valence-corrected chi connectivity index (χ2v) is 6.87. The van der Waals surface area contributed by atoms with Gasteiger partial charge in [-0.25, -0.2) is 0 Å². The maximum atomic E-state index is 3.62. The van der Waals surface area contributed by atoms with Crippen molar-refractivity contribution in [2.75, 3.05) is 25.1 Å². The molecule has 0 heterocycles. The van der Waals surface area contributed by atoms with Crippen molar-refractivity contribution in [3.8, 4) is 0 Å². The molecule has 108 valence electrons. The summed E-state index contributed by atoms with van der Waals surface area (Å²) < 4.78 is 0. The molecular weight excluding hydrogens is 250 g/mol. The van der Waals surface area contributed by atoms with Crippen LogP contribution in [0.1, 0.15) is 31.4 Å². The van der Waals surface area contributed by atoms with Crippen LogP contribution in [0.5, 0.6) is 0 Å². The van der Waals surface area contributed by atoms with Crippen LogP contribution in [0.3, 0.4) is 0 Å². The van der Waals surface area contributed by atoms with E-state index >= 15 is 0 Å². The normalized spacial score (nSPS) is 12.9. The standard InChI is InChI=1S/C17H29NS/c1-14(2)12-18-13-17(9-10-19-4)11-16-7-5-15(3)6-8-16/h5-8,14,17-18H,9-13H2,1-4H3. The Bertz CT molecular complexity index is 332. The molecule has 0 aliphatic carbocycles. The van der Waals surface area contributed by atoms with Gasteiger partial charge in [0.05, 0.1) is 0 Å². The molecule has 1 atom stereocenters. The second kappa shape index (κ2) is 9.44. The molecule has 0 radical (unpaired) electrons. The highest BCUT2D eigenvalue weighted by Crippen LogP contribution is 2.15. The molecule has 0 amide bonds. The highest BCUT2D eigenvalue weighted by atomic mass is 32.2. The van der Waals surface area contributed by atoms with E-state index < -0.39 is 0 Å². The Hall–Kier alpha value is -0.470. The summed E-state index contributed by atoms with van der Waals surface area (Å²) in [6.45, 7) is 8.96. The molecule has 0 spiro atoms. The van der Waals surface area contributed by atoms with E-state index in [0.29, 0.717) is 0 Å². The van der Waals surface area contributed by atoms with Gasteiger partial charge in [0.2, 0.25) is 0 Å². The summed E-state index contributed by atoms with van der Waals surface area (Å²) >= 11 is 1.95. The molecule has 1 rings (SSSR count). The van der Waals surface area contributed by atoms with Crippen molar-refractivity contribution in [3.05, 3.63) is 35.4 Å². The van der Waals surface area contributed by atoms with Crippen LogP contribution in [-0.2, 0) is 6.42 Å². The van der Waals surface area contributed by atoms with Crippen LogP contribution in [0.4, 0.5) is 0 Å². The van der Waals surface area contributed by atoms with E-state index in [1.807, 2.05) is 11.8 Å². The average Bonchev–Trinajstić information content (AvgIpc) is 2.38. The Labute approximate surface area is 123 Å². The SMILES string of the molecule is CSCCC(CNCC(C)C)Cc1ccc(C)cc1. The summed E-state index contributed by atoms with van der Waals surface area (Å²) in [6.07, 6.45) is 4.70. The Morgan fingerprint density at radius 3 is 2.37 bits per heavy atom. The molecule has 0 bridgehead atoms. The van der Waals surface area contributed by atoms with Crippen LogP contribution in [-0.4, -0.2) is 25.1 Å². The fourth-order valence-corrected chi connectivity index (χ4v) is 2.76. The quantitative estimate of drug-likeness (QED) is 0.728. The van der Waals surface area contributed by atoms with Crippen LogP contribution in [0, 0.1) is 18.8 Å². The van der Waals surface area contributed by atoms with Gasteiger partial charge in [0.25, 0.3) is 0 Å². The summed E-state index contributed by atoms with van der Waals surface area (Å²) in [5.74, 6) is 2.76. The highest BCUT2D eigenvalue weighted by molar-refractivity contribution is 7.98. The van der Waals surface area contributed by atoms with Gasteiger partial charge in [-0.2, -0.15) is 11.8 Å². The van der Waals surface area contributed by atoms with E-state index in [0.717, 1.165) is 24.9 Å². The molecule has 1 N–H and O–H groups in total. The minimum Gasteiger partial charge on any atom is -0.316 e. The number of hydrogen-bond donors (Lipinski definition) is 1. The lowest BCUT2D eigenvalue weighted by atomic mass is 9.96. The van der Waals surface area contributed by atoms with E-state index in [1.165, 1.54) is 29.7 Å². The smallest absolute Gasteiger partial charge is 0.00169 e. The zero-order chi connectivity index (χ0) is 14.1. The molecule has 1 aromatic rings. The molecule has 0 aliphatic heterocycles. The van der Waals surface area contributed by atoms with E-state index in [-0.39, 0.29) is 0 Å². The Morgan fingerprint density at radius 2 is 1.79 bits per heavy atom. The molecule has 0 saturated carbocycles. The average molecular weight is 279 g/mol. The zero-order valence-corrected chi connectivity index (χ0v) is 13.7. The number of hydrogen-bond acceptors (Lipinski definition) is 2.